The Bertz CT molecular complexity index is 345. The quantitative estimate of drug-likeness (QED) is 0.853. The number of hydrogen-bond donors (Lipinski definition) is 1. The molecule has 0 saturated carbocycles. The molecule has 2 rings (SSSR count). The molecule has 0 radical (unpaired) electrons. The van der Waals surface area contributed by atoms with E-state index in [1.165, 1.54) is 24.1 Å². The van der Waals surface area contributed by atoms with Crippen molar-refractivity contribution in [2.24, 2.45) is 0 Å². The first-order valence-corrected chi connectivity index (χ1v) is 6.27. The summed E-state index contributed by atoms with van der Waals surface area (Å²) in [5, 5.41) is 4.23. The molecule has 1 atom stereocenters. The maximum absolute atomic E-state index is 6.29. The molecular formula is C13H19ClN2. The Balaban J connectivity index is 2.23. The number of nitrogens with zero attached hydrogens (tertiary/aromatic N) is 1. The molecule has 1 fully saturated rings. The van der Waals surface area contributed by atoms with Crippen LogP contribution in [-0.2, 0) is 0 Å². The molecule has 0 spiro atoms. The molecule has 1 N–H and O–H groups in total. The van der Waals surface area contributed by atoms with E-state index in [9.17, 15) is 0 Å². The summed E-state index contributed by atoms with van der Waals surface area (Å²) in [7, 11) is 2.04. The molecule has 0 aromatic heterocycles. The van der Waals surface area contributed by atoms with Crippen molar-refractivity contribution >= 4 is 17.3 Å². The number of benzene rings is 1. The first kappa shape index (κ1) is 11.7. The Morgan fingerprint density at radius 1 is 1.44 bits per heavy atom. The van der Waals surface area contributed by atoms with E-state index in [0.29, 0.717) is 6.04 Å². The number of nitrogens with one attached hydrogen (secondary N) is 1. The molecule has 16 heavy (non-hydrogen) atoms. The van der Waals surface area contributed by atoms with E-state index >= 15 is 0 Å². The topological polar surface area (TPSA) is 15.3 Å². The number of rotatable bonds is 2. The Kier molecular flexibility index (Phi) is 3.72. The van der Waals surface area contributed by atoms with Gasteiger partial charge in [0.1, 0.15) is 0 Å². The van der Waals surface area contributed by atoms with Gasteiger partial charge in [0.2, 0.25) is 0 Å². The van der Waals surface area contributed by atoms with Gasteiger partial charge in [-0.1, -0.05) is 23.7 Å². The number of likely N-dealkylation sites (N-methyl/N-ethyl adjacent to an activating group) is 1. The van der Waals surface area contributed by atoms with Gasteiger partial charge in [0.25, 0.3) is 0 Å². The van der Waals surface area contributed by atoms with Crippen LogP contribution in [0.4, 0.5) is 5.69 Å². The average molecular weight is 239 g/mol. The fourth-order valence-corrected chi connectivity index (χ4v) is 2.78. The van der Waals surface area contributed by atoms with Gasteiger partial charge in [-0.25, -0.2) is 0 Å². The van der Waals surface area contributed by atoms with Crippen LogP contribution in [-0.4, -0.2) is 26.2 Å². The lowest BCUT2D eigenvalue weighted by Gasteiger charge is -2.35. The molecule has 2 nitrogen and oxygen atoms in total. The monoisotopic (exact) mass is 238 g/mol. The summed E-state index contributed by atoms with van der Waals surface area (Å²) in [4.78, 5) is 2.41. The molecule has 1 aromatic rings. The summed E-state index contributed by atoms with van der Waals surface area (Å²) in [5.74, 6) is 0. The Hall–Kier alpha value is -0.730. The van der Waals surface area contributed by atoms with Crippen LogP contribution in [0.3, 0.4) is 0 Å². The van der Waals surface area contributed by atoms with Crippen molar-refractivity contribution in [3.05, 3.63) is 28.8 Å². The van der Waals surface area contributed by atoms with Gasteiger partial charge in [-0.15, -0.1) is 0 Å². The molecule has 1 aliphatic heterocycles. The standard InChI is InChI=1S/C13H19ClN2/c1-10-5-3-7-12(14)13(10)16-8-4-6-11(9-16)15-2/h3,5,7,11,15H,4,6,8-9H2,1-2H3. The summed E-state index contributed by atoms with van der Waals surface area (Å²) in [6.07, 6.45) is 2.49. The van der Waals surface area contributed by atoms with Gasteiger partial charge in [-0.3, -0.25) is 0 Å². The van der Waals surface area contributed by atoms with Gasteiger partial charge in [-0.05, 0) is 38.4 Å². The van der Waals surface area contributed by atoms with Gasteiger partial charge >= 0.3 is 0 Å². The third kappa shape index (κ3) is 2.33. The Morgan fingerprint density at radius 2 is 2.25 bits per heavy atom. The summed E-state index contributed by atoms with van der Waals surface area (Å²) >= 11 is 6.29. The normalized spacial score (nSPS) is 21.2. The van der Waals surface area contributed by atoms with Gasteiger partial charge in [-0.2, -0.15) is 0 Å². The fourth-order valence-electron chi connectivity index (χ4n) is 2.44. The van der Waals surface area contributed by atoms with Crippen LogP contribution < -0.4 is 10.2 Å². The molecule has 3 heteroatoms. The van der Waals surface area contributed by atoms with Crippen molar-refractivity contribution in [2.75, 3.05) is 25.0 Å². The van der Waals surface area contributed by atoms with Crippen LogP contribution in [0.2, 0.25) is 5.02 Å². The van der Waals surface area contributed by atoms with E-state index < -0.39 is 0 Å². The lowest BCUT2D eigenvalue weighted by molar-refractivity contribution is 0.449. The number of halogens is 1. The second-order valence-electron chi connectivity index (χ2n) is 4.48. The van der Waals surface area contributed by atoms with Crippen LogP contribution in [0, 0.1) is 6.92 Å². The molecule has 1 aliphatic rings. The second-order valence-corrected chi connectivity index (χ2v) is 4.89. The molecule has 0 bridgehead atoms. The average Bonchev–Trinajstić information content (AvgIpc) is 2.29. The molecular weight excluding hydrogens is 220 g/mol. The highest BCUT2D eigenvalue weighted by atomic mass is 35.5. The number of piperidine rings is 1. The molecule has 1 saturated heterocycles. The third-order valence-electron chi connectivity index (χ3n) is 3.33. The van der Waals surface area contributed by atoms with E-state index in [1.54, 1.807) is 0 Å². The van der Waals surface area contributed by atoms with Crippen molar-refractivity contribution in [1.82, 2.24) is 5.32 Å². The van der Waals surface area contributed by atoms with E-state index in [2.05, 4.69) is 23.2 Å². The summed E-state index contributed by atoms with van der Waals surface area (Å²) in [6, 6.07) is 6.71. The molecule has 1 aromatic carbocycles. The first-order valence-electron chi connectivity index (χ1n) is 5.89. The summed E-state index contributed by atoms with van der Waals surface area (Å²) in [5.41, 5.74) is 2.48. The first-order chi connectivity index (χ1) is 7.72. The van der Waals surface area contributed by atoms with Crippen molar-refractivity contribution in [3.8, 4) is 0 Å². The number of para-hydroxylation sites is 1. The zero-order valence-corrected chi connectivity index (χ0v) is 10.7. The number of hydrogen-bond acceptors (Lipinski definition) is 2. The van der Waals surface area contributed by atoms with E-state index in [1.807, 2.05) is 19.2 Å². The highest BCUT2D eigenvalue weighted by Gasteiger charge is 2.21. The fraction of sp³-hybridized carbons (Fsp3) is 0.538. The number of aryl methyl sites for hydroxylation is 1. The largest absolute Gasteiger partial charge is 0.369 e. The molecule has 0 amide bonds. The van der Waals surface area contributed by atoms with Crippen LogP contribution in [0.15, 0.2) is 18.2 Å². The molecule has 0 aliphatic carbocycles. The minimum Gasteiger partial charge on any atom is -0.369 e. The van der Waals surface area contributed by atoms with Crippen LogP contribution in [0.1, 0.15) is 18.4 Å². The lowest BCUT2D eigenvalue weighted by atomic mass is 10.0. The molecule has 1 unspecified atom stereocenters. The summed E-state index contributed by atoms with van der Waals surface area (Å²) < 4.78 is 0. The van der Waals surface area contributed by atoms with Crippen molar-refractivity contribution in [2.45, 2.75) is 25.8 Å². The smallest absolute Gasteiger partial charge is 0.0642 e. The predicted octanol–water partition coefficient (Wildman–Crippen LogP) is 2.84. The maximum atomic E-state index is 6.29. The maximum Gasteiger partial charge on any atom is 0.0642 e. The van der Waals surface area contributed by atoms with Gasteiger partial charge in [0, 0.05) is 19.1 Å². The van der Waals surface area contributed by atoms with Crippen LogP contribution in [0.25, 0.3) is 0 Å². The van der Waals surface area contributed by atoms with Gasteiger partial charge in [0.15, 0.2) is 0 Å². The Morgan fingerprint density at radius 3 is 2.94 bits per heavy atom. The van der Waals surface area contributed by atoms with Crippen LogP contribution in [0.5, 0.6) is 0 Å². The minimum absolute atomic E-state index is 0.587. The van der Waals surface area contributed by atoms with Crippen molar-refractivity contribution < 1.29 is 0 Å². The van der Waals surface area contributed by atoms with E-state index in [0.717, 1.165) is 18.1 Å². The van der Waals surface area contributed by atoms with Crippen molar-refractivity contribution in [3.63, 3.8) is 0 Å². The van der Waals surface area contributed by atoms with Gasteiger partial charge in [0.05, 0.1) is 10.7 Å². The SMILES string of the molecule is CNC1CCCN(c2c(C)cccc2Cl)C1. The molecule has 88 valence electrons. The predicted molar refractivity (Wildman–Crippen MR) is 70.5 cm³/mol. The highest BCUT2D eigenvalue weighted by molar-refractivity contribution is 6.33. The minimum atomic E-state index is 0.587. The summed E-state index contributed by atoms with van der Waals surface area (Å²) in [6.45, 7) is 4.30. The lowest BCUT2D eigenvalue weighted by Crippen LogP contribution is -2.44. The zero-order valence-electron chi connectivity index (χ0n) is 9.96. The molecule has 1 heterocycles. The second kappa shape index (κ2) is 5.07. The van der Waals surface area contributed by atoms with E-state index in [-0.39, 0.29) is 0 Å². The van der Waals surface area contributed by atoms with E-state index in [4.69, 9.17) is 11.6 Å². The number of anilines is 1. The van der Waals surface area contributed by atoms with Crippen molar-refractivity contribution in [1.29, 1.82) is 0 Å². The van der Waals surface area contributed by atoms with Gasteiger partial charge < -0.3 is 10.2 Å². The van der Waals surface area contributed by atoms with Crippen LogP contribution >= 0.6 is 11.6 Å². The highest BCUT2D eigenvalue weighted by Crippen LogP contribution is 2.31. The third-order valence-corrected chi connectivity index (χ3v) is 3.64. The Labute approximate surface area is 103 Å². The zero-order chi connectivity index (χ0) is 11.5.